The van der Waals surface area contributed by atoms with Gasteiger partial charge < -0.3 is 16.3 Å². The Hall–Kier alpha value is -0.630. The second-order valence-corrected chi connectivity index (χ2v) is 4.74. The van der Waals surface area contributed by atoms with E-state index in [2.05, 4.69) is 10.5 Å². The highest BCUT2D eigenvalue weighted by Gasteiger charge is 2.42. The van der Waals surface area contributed by atoms with Crippen LogP contribution in [0.15, 0.2) is 5.16 Å². The molecule has 0 bridgehead atoms. The molecule has 4 nitrogen and oxygen atoms in total. The summed E-state index contributed by atoms with van der Waals surface area (Å²) in [6.07, 6.45) is -3.64. The van der Waals surface area contributed by atoms with Gasteiger partial charge in [0.05, 0.1) is 0 Å². The van der Waals surface area contributed by atoms with Crippen molar-refractivity contribution < 1.29 is 18.4 Å². The smallest absolute Gasteiger partial charge is 0.400 e. The molecule has 16 heavy (non-hydrogen) atoms. The van der Waals surface area contributed by atoms with Crippen molar-refractivity contribution in [2.45, 2.75) is 18.6 Å². The van der Waals surface area contributed by atoms with Crippen molar-refractivity contribution in [1.82, 2.24) is 5.32 Å². The molecule has 1 heterocycles. The van der Waals surface area contributed by atoms with Gasteiger partial charge in [0.2, 0.25) is 0 Å². The monoisotopic (exact) mass is 257 g/mol. The topological polar surface area (TPSA) is 70.6 Å². The number of hydrogen-bond acceptors (Lipinski definition) is 4. The molecule has 2 atom stereocenters. The lowest BCUT2D eigenvalue weighted by atomic mass is 10.1. The van der Waals surface area contributed by atoms with Crippen LogP contribution in [0.4, 0.5) is 13.2 Å². The number of nitrogens with zero attached hydrogens (tertiary/aromatic N) is 1. The van der Waals surface area contributed by atoms with E-state index in [0.29, 0.717) is 0 Å². The number of nitrogens with one attached hydrogen (secondary N) is 1. The fraction of sp³-hybridized carbons (Fsp3) is 0.875. The second kappa shape index (κ2) is 5.62. The van der Waals surface area contributed by atoms with E-state index in [0.717, 1.165) is 17.9 Å². The molecule has 1 aliphatic heterocycles. The zero-order valence-electron chi connectivity index (χ0n) is 8.50. The molecular formula is C8H14F3N3OS. The molecule has 0 saturated carbocycles. The third-order valence-electron chi connectivity index (χ3n) is 2.41. The summed E-state index contributed by atoms with van der Waals surface area (Å²) in [5.74, 6) is -0.965. The fourth-order valence-corrected chi connectivity index (χ4v) is 2.62. The first-order chi connectivity index (χ1) is 7.45. The maximum absolute atomic E-state index is 12.5. The number of hydrogen-bond donors (Lipinski definition) is 3. The van der Waals surface area contributed by atoms with Gasteiger partial charge in [-0.2, -0.15) is 24.9 Å². The Morgan fingerprint density at radius 2 is 2.31 bits per heavy atom. The van der Waals surface area contributed by atoms with E-state index in [9.17, 15) is 13.2 Å². The number of halogens is 3. The molecule has 2 unspecified atom stereocenters. The van der Waals surface area contributed by atoms with Gasteiger partial charge in [-0.25, -0.2) is 0 Å². The van der Waals surface area contributed by atoms with E-state index in [-0.39, 0.29) is 12.6 Å². The van der Waals surface area contributed by atoms with Crippen molar-refractivity contribution in [2.75, 3.05) is 18.1 Å². The van der Waals surface area contributed by atoms with Crippen LogP contribution < -0.4 is 11.1 Å². The SMILES string of the molecule is NC(=NO)C(CNC1CCSC1)C(F)(F)F. The average Bonchev–Trinajstić information content (AvgIpc) is 2.68. The van der Waals surface area contributed by atoms with Crippen molar-refractivity contribution in [3.05, 3.63) is 0 Å². The van der Waals surface area contributed by atoms with Crippen LogP contribution in [0, 0.1) is 5.92 Å². The number of nitrogens with two attached hydrogens (primary N) is 1. The minimum atomic E-state index is -4.49. The van der Waals surface area contributed by atoms with Gasteiger partial charge in [-0.05, 0) is 12.2 Å². The summed E-state index contributed by atoms with van der Waals surface area (Å²) >= 11 is 1.70. The highest BCUT2D eigenvalue weighted by Crippen LogP contribution is 2.26. The lowest BCUT2D eigenvalue weighted by molar-refractivity contribution is -0.155. The van der Waals surface area contributed by atoms with E-state index >= 15 is 0 Å². The maximum atomic E-state index is 12.5. The summed E-state index contributed by atoms with van der Waals surface area (Å²) in [5, 5.41) is 13.5. The van der Waals surface area contributed by atoms with Crippen LogP contribution in [-0.2, 0) is 0 Å². The standard InChI is InChI=1S/C8H14F3N3OS/c9-8(10,11)6(7(12)14-15)3-13-5-1-2-16-4-5/h5-6,13,15H,1-4H2,(H2,12,14). The van der Waals surface area contributed by atoms with Crippen molar-refractivity contribution in [3.63, 3.8) is 0 Å². The molecule has 0 aliphatic carbocycles. The van der Waals surface area contributed by atoms with Crippen LogP contribution in [0.3, 0.4) is 0 Å². The van der Waals surface area contributed by atoms with Gasteiger partial charge in [-0.3, -0.25) is 0 Å². The minimum Gasteiger partial charge on any atom is -0.409 e. The number of oxime groups is 1. The summed E-state index contributed by atoms with van der Waals surface area (Å²) in [6.45, 7) is -0.343. The molecule has 0 spiro atoms. The van der Waals surface area contributed by atoms with Crippen molar-refractivity contribution >= 4 is 17.6 Å². The Morgan fingerprint density at radius 1 is 1.62 bits per heavy atom. The molecule has 0 aromatic rings. The van der Waals surface area contributed by atoms with Crippen LogP contribution in [0.5, 0.6) is 0 Å². The van der Waals surface area contributed by atoms with Crippen molar-refractivity contribution in [1.29, 1.82) is 0 Å². The third kappa shape index (κ3) is 3.75. The molecule has 94 valence electrons. The lowest BCUT2D eigenvalue weighted by Crippen LogP contribution is -2.45. The number of thioether (sulfide) groups is 1. The number of amidine groups is 1. The predicted molar refractivity (Wildman–Crippen MR) is 56.7 cm³/mol. The van der Waals surface area contributed by atoms with Crippen LogP contribution >= 0.6 is 11.8 Å². The normalized spacial score (nSPS) is 24.7. The summed E-state index contributed by atoms with van der Waals surface area (Å²) in [4.78, 5) is 0. The highest BCUT2D eigenvalue weighted by molar-refractivity contribution is 7.99. The summed E-state index contributed by atoms with van der Waals surface area (Å²) in [7, 11) is 0. The second-order valence-electron chi connectivity index (χ2n) is 3.59. The number of alkyl halides is 3. The highest BCUT2D eigenvalue weighted by atomic mass is 32.2. The van der Waals surface area contributed by atoms with Gasteiger partial charge in [0.25, 0.3) is 0 Å². The molecule has 0 aromatic carbocycles. The Kier molecular flexibility index (Phi) is 4.72. The Morgan fingerprint density at radius 3 is 2.75 bits per heavy atom. The zero-order valence-corrected chi connectivity index (χ0v) is 9.31. The maximum Gasteiger partial charge on any atom is 0.400 e. The molecule has 1 rings (SSSR count). The third-order valence-corrected chi connectivity index (χ3v) is 3.57. The van der Waals surface area contributed by atoms with E-state index in [1.807, 2.05) is 0 Å². The lowest BCUT2D eigenvalue weighted by Gasteiger charge is -2.21. The first-order valence-corrected chi connectivity index (χ1v) is 5.96. The van der Waals surface area contributed by atoms with Gasteiger partial charge >= 0.3 is 6.18 Å². The zero-order chi connectivity index (χ0) is 12.2. The Balaban J connectivity index is 2.50. The molecule has 0 amide bonds. The van der Waals surface area contributed by atoms with E-state index in [1.165, 1.54) is 0 Å². The molecule has 4 N–H and O–H groups in total. The van der Waals surface area contributed by atoms with Gasteiger partial charge in [-0.1, -0.05) is 5.16 Å². The molecule has 1 aliphatic rings. The van der Waals surface area contributed by atoms with Crippen LogP contribution in [0.2, 0.25) is 0 Å². The average molecular weight is 257 g/mol. The van der Waals surface area contributed by atoms with Crippen LogP contribution in [0.1, 0.15) is 6.42 Å². The van der Waals surface area contributed by atoms with Gasteiger partial charge in [0.15, 0.2) is 5.84 Å². The van der Waals surface area contributed by atoms with Crippen LogP contribution in [-0.4, -0.2) is 41.3 Å². The predicted octanol–water partition coefficient (Wildman–Crippen LogP) is 1.01. The quantitative estimate of drug-likeness (QED) is 0.304. The number of rotatable bonds is 4. The summed E-state index contributed by atoms with van der Waals surface area (Å²) < 4.78 is 37.5. The minimum absolute atomic E-state index is 0.0846. The summed E-state index contributed by atoms with van der Waals surface area (Å²) in [6, 6.07) is 0.0846. The van der Waals surface area contributed by atoms with Gasteiger partial charge in [0.1, 0.15) is 5.92 Å². The van der Waals surface area contributed by atoms with Crippen molar-refractivity contribution in [2.24, 2.45) is 16.8 Å². The summed E-state index contributed by atoms with van der Waals surface area (Å²) in [5.41, 5.74) is 5.02. The molecule has 1 saturated heterocycles. The van der Waals surface area contributed by atoms with Gasteiger partial charge in [0, 0.05) is 18.3 Å². The fourth-order valence-electron chi connectivity index (χ4n) is 1.44. The first-order valence-electron chi connectivity index (χ1n) is 4.80. The molecule has 8 heteroatoms. The first kappa shape index (κ1) is 13.4. The van der Waals surface area contributed by atoms with Gasteiger partial charge in [-0.15, -0.1) is 0 Å². The molecule has 0 radical (unpaired) electrons. The molecular weight excluding hydrogens is 243 g/mol. The largest absolute Gasteiger partial charge is 0.409 e. The van der Waals surface area contributed by atoms with E-state index in [1.54, 1.807) is 11.8 Å². The Labute approximate surface area is 95.4 Å². The van der Waals surface area contributed by atoms with E-state index in [4.69, 9.17) is 10.9 Å². The van der Waals surface area contributed by atoms with Crippen molar-refractivity contribution in [3.8, 4) is 0 Å². The van der Waals surface area contributed by atoms with E-state index < -0.39 is 17.9 Å². The Bertz CT molecular complexity index is 253. The molecule has 1 fully saturated rings. The molecule has 0 aromatic heterocycles. The van der Waals surface area contributed by atoms with Crippen LogP contribution in [0.25, 0.3) is 0 Å².